The Balaban J connectivity index is 2.07. The van der Waals surface area contributed by atoms with Crippen LogP contribution < -0.4 is 5.56 Å². The predicted octanol–water partition coefficient (Wildman–Crippen LogP) is 2.82. The van der Waals surface area contributed by atoms with Crippen molar-refractivity contribution in [2.24, 2.45) is 0 Å². The van der Waals surface area contributed by atoms with Crippen LogP contribution in [0.1, 0.15) is 0 Å². The molecular formula is C15H10F2N2O2. The van der Waals surface area contributed by atoms with E-state index in [-0.39, 0.29) is 11.4 Å². The smallest absolute Gasteiger partial charge is 0.271 e. The van der Waals surface area contributed by atoms with Gasteiger partial charge < -0.3 is 5.11 Å². The summed E-state index contributed by atoms with van der Waals surface area (Å²) >= 11 is 0. The van der Waals surface area contributed by atoms with Crippen molar-refractivity contribution < 1.29 is 13.9 Å². The summed E-state index contributed by atoms with van der Waals surface area (Å²) in [5, 5.41) is 12.1. The molecule has 0 aliphatic carbocycles. The number of benzene rings is 2. The van der Waals surface area contributed by atoms with Crippen molar-refractivity contribution in [3.63, 3.8) is 0 Å². The van der Waals surface area contributed by atoms with Crippen LogP contribution in [0.25, 0.3) is 16.9 Å². The lowest BCUT2D eigenvalue weighted by molar-refractivity contribution is 0.475. The second-order valence-electron chi connectivity index (χ2n) is 4.49. The fourth-order valence-corrected chi connectivity index (χ4v) is 2.00. The number of rotatable bonds is 2. The molecule has 3 rings (SSSR count). The van der Waals surface area contributed by atoms with Gasteiger partial charge in [0.25, 0.3) is 5.56 Å². The number of phenols is 1. The van der Waals surface area contributed by atoms with Crippen LogP contribution >= 0.6 is 0 Å². The first kappa shape index (κ1) is 13.1. The van der Waals surface area contributed by atoms with E-state index in [1.807, 2.05) is 0 Å². The van der Waals surface area contributed by atoms with Crippen molar-refractivity contribution in [1.29, 1.82) is 0 Å². The number of H-pyrrole nitrogens is 1. The molecule has 6 heteroatoms. The Kier molecular flexibility index (Phi) is 3.06. The number of aromatic amines is 1. The second kappa shape index (κ2) is 4.90. The van der Waals surface area contributed by atoms with Gasteiger partial charge in [-0.1, -0.05) is 0 Å². The highest BCUT2D eigenvalue weighted by atomic mass is 19.2. The third kappa shape index (κ3) is 2.43. The number of aromatic nitrogens is 2. The van der Waals surface area contributed by atoms with E-state index in [0.29, 0.717) is 11.3 Å². The van der Waals surface area contributed by atoms with Gasteiger partial charge in [0, 0.05) is 12.1 Å². The second-order valence-corrected chi connectivity index (χ2v) is 4.49. The molecule has 0 aliphatic heterocycles. The zero-order valence-corrected chi connectivity index (χ0v) is 10.7. The van der Waals surface area contributed by atoms with Gasteiger partial charge in [0.2, 0.25) is 0 Å². The Labute approximate surface area is 117 Å². The lowest BCUT2D eigenvalue weighted by atomic mass is 10.1. The van der Waals surface area contributed by atoms with Crippen LogP contribution in [-0.2, 0) is 0 Å². The van der Waals surface area contributed by atoms with E-state index < -0.39 is 17.2 Å². The highest BCUT2D eigenvalue weighted by Crippen LogP contribution is 2.20. The maximum Gasteiger partial charge on any atom is 0.271 e. The van der Waals surface area contributed by atoms with Gasteiger partial charge in [-0.25, -0.2) is 13.5 Å². The molecule has 0 saturated heterocycles. The van der Waals surface area contributed by atoms with Crippen LogP contribution in [-0.4, -0.2) is 14.9 Å². The Bertz CT molecular complexity index is 851. The van der Waals surface area contributed by atoms with E-state index in [2.05, 4.69) is 5.10 Å². The molecule has 0 spiro atoms. The monoisotopic (exact) mass is 288 g/mol. The molecule has 0 unspecified atom stereocenters. The van der Waals surface area contributed by atoms with Crippen LogP contribution in [0.5, 0.6) is 5.75 Å². The Morgan fingerprint density at radius 1 is 0.952 bits per heavy atom. The summed E-state index contributed by atoms with van der Waals surface area (Å²) in [6.07, 6.45) is 0. The number of aromatic hydroxyl groups is 1. The summed E-state index contributed by atoms with van der Waals surface area (Å²) in [5.41, 5.74) is 0.990. The SMILES string of the molecule is O=c1cc(-c2ccc(O)cc2)[nH]n1-c1ccc(F)c(F)c1. The maximum absolute atomic E-state index is 13.2. The summed E-state index contributed by atoms with van der Waals surface area (Å²) < 4.78 is 27.3. The van der Waals surface area contributed by atoms with Crippen LogP contribution in [0.15, 0.2) is 53.3 Å². The lowest BCUT2D eigenvalue weighted by Crippen LogP contribution is -2.13. The topological polar surface area (TPSA) is 58.0 Å². The Morgan fingerprint density at radius 2 is 1.67 bits per heavy atom. The molecular weight excluding hydrogens is 278 g/mol. The highest BCUT2D eigenvalue weighted by Gasteiger charge is 2.09. The fraction of sp³-hybridized carbons (Fsp3) is 0. The predicted molar refractivity (Wildman–Crippen MR) is 73.4 cm³/mol. The highest BCUT2D eigenvalue weighted by molar-refractivity contribution is 5.59. The van der Waals surface area contributed by atoms with Gasteiger partial charge in [-0.05, 0) is 42.0 Å². The van der Waals surface area contributed by atoms with E-state index in [1.54, 1.807) is 12.1 Å². The zero-order valence-electron chi connectivity index (χ0n) is 10.7. The molecule has 0 bridgehead atoms. The first-order valence-electron chi connectivity index (χ1n) is 6.11. The average molecular weight is 288 g/mol. The van der Waals surface area contributed by atoms with E-state index in [4.69, 9.17) is 0 Å². The number of hydrogen-bond donors (Lipinski definition) is 2. The van der Waals surface area contributed by atoms with Crippen molar-refractivity contribution in [3.8, 4) is 22.7 Å². The number of nitrogens with zero attached hydrogens (tertiary/aromatic N) is 1. The van der Waals surface area contributed by atoms with Gasteiger partial charge in [0.15, 0.2) is 11.6 Å². The third-order valence-corrected chi connectivity index (χ3v) is 3.06. The molecule has 0 saturated carbocycles. The molecule has 21 heavy (non-hydrogen) atoms. The van der Waals surface area contributed by atoms with Crippen LogP contribution in [0.3, 0.4) is 0 Å². The van der Waals surface area contributed by atoms with Crippen LogP contribution in [0.2, 0.25) is 0 Å². The van der Waals surface area contributed by atoms with Gasteiger partial charge in [-0.2, -0.15) is 0 Å². The minimum absolute atomic E-state index is 0.112. The quantitative estimate of drug-likeness (QED) is 0.762. The van der Waals surface area contributed by atoms with Gasteiger partial charge in [0.1, 0.15) is 5.75 Å². The summed E-state index contributed by atoms with van der Waals surface area (Å²) in [4.78, 5) is 11.9. The first-order valence-corrected chi connectivity index (χ1v) is 6.11. The minimum atomic E-state index is -1.03. The summed E-state index contributed by atoms with van der Waals surface area (Å²) in [5.74, 6) is -1.89. The molecule has 0 aliphatic rings. The minimum Gasteiger partial charge on any atom is -0.508 e. The zero-order chi connectivity index (χ0) is 15.0. The lowest BCUT2D eigenvalue weighted by Gasteiger charge is -2.03. The first-order chi connectivity index (χ1) is 10.0. The molecule has 4 nitrogen and oxygen atoms in total. The van der Waals surface area contributed by atoms with Gasteiger partial charge >= 0.3 is 0 Å². The molecule has 0 amide bonds. The molecule has 0 fully saturated rings. The molecule has 0 atom stereocenters. The molecule has 106 valence electrons. The molecule has 2 aromatic carbocycles. The maximum atomic E-state index is 13.2. The van der Waals surface area contributed by atoms with Crippen molar-refractivity contribution in [2.45, 2.75) is 0 Å². The molecule has 1 aromatic heterocycles. The molecule has 3 aromatic rings. The summed E-state index contributed by atoms with van der Waals surface area (Å²) in [7, 11) is 0. The Hall–Kier alpha value is -2.89. The molecule has 2 N–H and O–H groups in total. The largest absolute Gasteiger partial charge is 0.508 e. The molecule has 1 heterocycles. The van der Waals surface area contributed by atoms with Crippen molar-refractivity contribution in [1.82, 2.24) is 9.78 Å². The average Bonchev–Trinajstić information content (AvgIpc) is 2.85. The van der Waals surface area contributed by atoms with Crippen LogP contribution in [0, 0.1) is 11.6 Å². The van der Waals surface area contributed by atoms with Crippen LogP contribution in [0.4, 0.5) is 8.78 Å². The van der Waals surface area contributed by atoms with Gasteiger partial charge in [-0.15, -0.1) is 0 Å². The van der Waals surface area contributed by atoms with Crippen molar-refractivity contribution >= 4 is 0 Å². The number of hydrogen-bond acceptors (Lipinski definition) is 2. The van der Waals surface area contributed by atoms with E-state index in [0.717, 1.165) is 16.8 Å². The van der Waals surface area contributed by atoms with E-state index in [9.17, 15) is 18.7 Å². The summed E-state index contributed by atoms with van der Waals surface area (Å²) in [6, 6.07) is 10.8. The van der Waals surface area contributed by atoms with Crippen molar-refractivity contribution in [3.05, 3.63) is 70.5 Å². The standard InChI is InChI=1S/C15H10F2N2O2/c16-12-6-3-10(7-13(12)17)19-15(21)8-14(18-19)9-1-4-11(20)5-2-9/h1-8,18,20H. The third-order valence-electron chi connectivity index (χ3n) is 3.06. The Morgan fingerprint density at radius 3 is 2.33 bits per heavy atom. The number of nitrogens with one attached hydrogen (secondary N) is 1. The van der Waals surface area contributed by atoms with Crippen molar-refractivity contribution in [2.75, 3.05) is 0 Å². The van der Waals surface area contributed by atoms with Gasteiger partial charge in [-0.3, -0.25) is 9.89 Å². The summed E-state index contributed by atoms with van der Waals surface area (Å²) in [6.45, 7) is 0. The molecule has 0 radical (unpaired) electrons. The fourth-order valence-electron chi connectivity index (χ4n) is 2.00. The van der Waals surface area contributed by atoms with E-state index in [1.165, 1.54) is 24.3 Å². The normalized spacial score (nSPS) is 10.8. The number of halogens is 2. The van der Waals surface area contributed by atoms with Gasteiger partial charge in [0.05, 0.1) is 11.4 Å². The van der Waals surface area contributed by atoms with E-state index >= 15 is 0 Å². The number of phenolic OH excluding ortho intramolecular Hbond substituents is 1.